The quantitative estimate of drug-likeness (QED) is 0.542. The van der Waals surface area contributed by atoms with E-state index in [4.69, 9.17) is 4.74 Å². The van der Waals surface area contributed by atoms with E-state index >= 15 is 0 Å². The number of benzene rings is 2. The van der Waals surface area contributed by atoms with Crippen LogP contribution in [0, 0.1) is 15.9 Å². The van der Waals surface area contributed by atoms with E-state index in [2.05, 4.69) is 0 Å². The van der Waals surface area contributed by atoms with Gasteiger partial charge < -0.3 is 9.64 Å². The molecule has 0 N–H and O–H groups in total. The first-order chi connectivity index (χ1) is 12.7. The largest absolute Gasteiger partial charge is 0.445 e. The number of non-ortho nitro benzene ring substituents is 1. The van der Waals surface area contributed by atoms with Crippen molar-refractivity contribution in [1.82, 2.24) is 4.90 Å². The molecule has 0 aliphatic rings. The maximum atomic E-state index is 13.0. The highest BCUT2D eigenvalue weighted by Crippen LogP contribution is 2.19. The van der Waals surface area contributed by atoms with Crippen molar-refractivity contribution in [3.63, 3.8) is 0 Å². The minimum atomic E-state index is -0.489. The molecule has 0 spiro atoms. The monoisotopic (exact) mass is 374 g/mol. The lowest BCUT2D eigenvalue weighted by atomic mass is 10.0. The van der Waals surface area contributed by atoms with Crippen LogP contribution in [0.15, 0.2) is 48.5 Å². The fraction of sp³-hybridized carbons (Fsp3) is 0.350. The molecule has 0 fully saturated rings. The molecule has 2 aromatic carbocycles. The SMILES string of the molecule is CC(C)(C)N(CCc1cccc([N+](=O)[O-])c1)C(=O)OCc1ccc(F)cc1. The van der Waals surface area contributed by atoms with Gasteiger partial charge >= 0.3 is 6.09 Å². The van der Waals surface area contributed by atoms with E-state index in [0.29, 0.717) is 18.5 Å². The Hall–Kier alpha value is -2.96. The number of hydrogen-bond donors (Lipinski definition) is 0. The van der Waals surface area contributed by atoms with Crippen LogP contribution in [0.1, 0.15) is 31.9 Å². The normalized spacial score (nSPS) is 11.1. The van der Waals surface area contributed by atoms with Gasteiger partial charge in [0.1, 0.15) is 12.4 Å². The molecule has 144 valence electrons. The van der Waals surface area contributed by atoms with Crippen molar-refractivity contribution in [3.05, 3.63) is 75.6 Å². The molecule has 2 rings (SSSR count). The molecule has 27 heavy (non-hydrogen) atoms. The number of ether oxygens (including phenoxy) is 1. The van der Waals surface area contributed by atoms with Gasteiger partial charge in [-0.25, -0.2) is 9.18 Å². The van der Waals surface area contributed by atoms with Crippen LogP contribution in [0.5, 0.6) is 0 Å². The number of nitrogens with zero attached hydrogens (tertiary/aromatic N) is 2. The van der Waals surface area contributed by atoms with Crippen molar-refractivity contribution >= 4 is 11.8 Å². The number of nitro groups is 1. The van der Waals surface area contributed by atoms with E-state index in [1.165, 1.54) is 24.3 Å². The number of carbonyl (C=O) groups excluding carboxylic acids is 1. The number of halogens is 1. The minimum absolute atomic E-state index is 0.0219. The van der Waals surface area contributed by atoms with Crippen LogP contribution < -0.4 is 0 Å². The zero-order valence-electron chi connectivity index (χ0n) is 15.6. The lowest BCUT2D eigenvalue weighted by Gasteiger charge is -2.34. The van der Waals surface area contributed by atoms with Crippen molar-refractivity contribution in [3.8, 4) is 0 Å². The standard InChI is InChI=1S/C20H23FN2O4/c1-20(2,3)22(12-11-15-5-4-6-18(13-15)23(25)26)19(24)27-14-16-7-9-17(21)10-8-16/h4-10,13H,11-12,14H2,1-3H3. The molecular formula is C20H23FN2O4. The van der Waals surface area contributed by atoms with Gasteiger partial charge in [-0.15, -0.1) is 0 Å². The Balaban J connectivity index is 2.02. The summed E-state index contributed by atoms with van der Waals surface area (Å²) in [6.07, 6.45) is -0.0258. The van der Waals surface area contributed by atoms with E-state index < -0.39 is 16.6 Å². The molecule has 0 saturated heterocycles. The summed E-state index contributed by atoms with van der Waals surface area (Å²) in [5, 5.41) is 10.9. The van der Waals surface area contributed by atoms with Gasteiger partial charge in [-0.1, -0.05) is 24.3 Å². The van der Waals surface area contributed by atoms with Crippen molar-refractivity contribution in [2.75, 3.05) is 6.54 Å². The summed E-state index contributed by atoms with van der Waals surface area (Å²) in [4.78, 5) is 24.6. The Bertz CT molecular complexity index is 800. The average molecular weight is 374 g/mol. The van der Waals surface area contributed by atoms with Crippen molar-refractivity contribution in [2.45, 2.75) is 39.3 Å². The number of nitro benzene ring substituents is 1. The summed E-state index contributed by atoms with van der Waals surface area (Å²) in [6, 6.07) is 12.1. The number of hydrogen-bond acceptors (Lipinski definition) is 4. The fourth-order valence-electron chi connectivity index (χ4n) is 2.57. The van der Waals surface area contributed by atoms with Gasteiger partial charge in [0.15, 0.2) is 0 Å². The van der Waals surface area contributed by atoms with Crippen LogP contribution in [-0.2, 0) is 17.8 Å². The third kappa shape index (κ3) is 6.06. The average Bonchev–Trinajstić information content (AvgIpc) is 2.60. The van der Waals surface area contributed by atoms with Crippen LogP contribution in [0.2, 0.25) is 0 Å². The van der Waals surface area contributed by atoms with Gasteiger partial charge in [-0.3, -0.25) is 10.1 Å². The molecule has 2 aromatic rings. The second-order valence-corrected chi connectivity index (χ2v) is 7.18. The van der Waals surface area contributed by atoms with Crippen molar-refractivity contribution in [1.29, 1.82) is 0 Å². The molecule has 0 atom stereocenters. The molecule has 0 aliphatic heterocycles. The van der Waals surface area contributed by atoms with Crippen LogP contribution in [0.3, 0.4) is 0 Å². The molecule has 0 saturated carbocycles. The van der Waals surface area contributed by atoms with Crippen LogP contribution in [-0.4, -0.2) is 28.0 Å². The summed E-state index contributed by atoms with van der Waals surface area (Å²) in [5.41, 5.74) is 0.997. The summed E-state index contributed by atoms with van der Waals surface area (Å²) in [6.45, 7) is 6.06. The van der Waals surface area contributed by atoms with E-state index in [-0.39, 0.29) is 18.1 Å². The maximum Gasteiger partial charge on any atom is 0.410 e. The van der Waals surface area contributed by atoms with E-state index in [9.17, 15) is 19.3 Å². The third-order valence-corrected chi connectivity index (χ3v) is 4.05. The van der Waals surface area contributed by atoms with Gasteiger partial charge in [0.25, 0.3) is 5.69 Å². The molecule has 0 radical (unpaired) electrons. The number of amides is 1. The Morgan fingerprint density at radius 3 is 2.41 bits per heavy atom. The Morgan fingerprint density at radius 2 is 1.81 bits per heavy atom. The molecule has 0 aromatic heterocycles. The zero-order chi connectivity index (χ0) is 20.0. The van der Waals surface area contributed by atoms with E-state index in [0.717, 1.165) is 5.56 Å². The highest BCUT2D eigenvalue weighted by molar-refractivity contribution is 5.68. The first kappa shape index (κ1) is 20.4. The van der Waals surface area contributed by atoms with E-state index in [1.54, 1.807) is 29.2 Å². The molecule has 0 unspecified atom stereocenters. The maximum absolute atomic E-state index is 13.0. The summed E-state index contributed by atoms with van der Waals surface area (Å²) in [5.74, 6) is -0.349. The summed E-state index contributed by atoms with van der Waals surface area (Å²) < 4.78 is 18.3. The molecule has 0 aliphatic carbocycles. The lowest BCUT2D eigenvalue weighted by molar-refractivity contribution is -0.384. The second kappa shape index (κ2) is 8.62. The second-order valence-electron chi connectivity index (χ2n) is 7.18. The van der Waals surface area contributed by atoms with Gasteiger partial charge in [0, 0.05) is 24.2 Å². The molecule has 0 heterocycles. The van der Waals surface area contributed by atoms with E-state index in [1.807, 2.05) is 20.8 Å². The highest BCUT2D eigenvalue weighted by atomic mass is 19.1. The third-order valence-electron chi connectivity index (χ3n) is 4.05. The van der Waals surface area contributed by atoms with Gasteiger partial charge in [-0.2, -0.15) is 0 Å². The first-order valence-corrected chi connectivity index (χ1v) is 8.59. The van der Waals surface area contributed by atoms with Gasteiger partial charge in [0.2, 0.25) is 0 Å². The van der Waals surface area contributed by atoms with Crippen LogP contribution in [0.25, 0.3) is 0 Å². The topological polar surface area (TPSA) is 72.7 Å². The summed E-state index contributed by atoms with van der Waals surface area (Å²) in [7, 11) is 0. The lowest BCUT2D eigenvalue weighted by Crippen LogP contribution is -2.46. The molecule has 1 amide bonds. The van der Waals surface area contributed by atoms with Crippen molar-refractivity contribution in [2.24, 2.45) is 0 Å². The Labute approximate surface area is 157 Å². The predicted molar refractivity (Wildman–Crippen MR) is 99.8 cm³/mol. The smallest absolute Gasteiger partial charge is 0.410 e. The molecule has 7 heteroatoms. The minimum Gasteiger partial charge on any atom is -0.445 e. The van der Waals surface area contributed by atoms with Crippen LogP contribution in [0.4, 0.5) is 14.9 Å². The number of rotatable bonds is 6. The summed E-state index contributed by atoms with van der Waals surface area (Å²) >= 11 is 0. The predicted octanol–water partition coefficient (Wildman–Crippen LogP) is 4.71. The fourth-order valence-corrected chi connectivity index (χ4v) is 2.57. The highest BCUT2D eigenvalue weighted by Gasteiger charge is 2.27. The molecule has 0 bridgehead atoms. The van der Waals surface area contributed by atoms with Crippen LogP contribution >= 0.6 is 0 Å². The van der Waals surface area contributed by atoms with Crippen molar-refractivity contribution < 1.29 is 18.8 Å². The molecule has 6 nitrogen and oxygen atoms in total. The first-order valence-electron chi connectivity index (χ1n) is 8.59. The molecular weight excluding hydrogens is 351 g/mol. The Kier molecular flexibility index (Phi) is 6.50. The van der Waals surface area contributed by atoms with Gasteiger partial charge in [0.05, 0.1) is 4.92 Å². The number of carbonyl (C=O) groups is 1. The zero-order valence-corrected chi connectivity index (χ0v) is 15.6. The Morgan fingerprint density at radius 1 is 1.15 bits per heavy atom. The van der Waals surface area contributed by atoms with Gasteiger partial charge in [-0.05, 0) is 50.5 Å².